The third kappa shape index (κ3) is 3.83. The molecule has 0 aliphatic carbocycles. The Morgan fingerprint density at radius 2 is 1.90 bits per heavy atom. The topological polar surface area (TPSA) is 104 Å². The number of nitrogens with two attached hydrogens (primary N) is 1. The van der Waals surface area contributed by atoms with Crippen LogP contribution in [-0.2, 0) is 0 Å². The van der Waals surface area contributed by atoms with Gasteiger partial charge in [0.05, 0.1) is 13.9 Å². The second-order valence-electron chi connectivity index (χ2n) is 3.72. The minimum Gasteiger partial charge on any atom is -0.436 e. The summed E-state index contributed by atoms with van der Waals surface area (Å²) in [6.45, 7) is 0. The van der Waals surface area contributed by atoms with Gasteiger partial charge in [0.15, 0.2) is 10.9 Å². The molecular weight excluding hydrogens is 428 g/mol. The predicted molar refractivity (Wildman–Crippen MR) is 86.8 cm³/mol. The fraction of sp³-hybridized carbons (Fsp3) is 0.0909. The standard InChI is InChI=1S/C11H8Br2N4O3S/c1-21-11-15-8(14)4-9(16-11)20-10-6(12)2-5(17(18)19)3-7(10)13/h2-4H,1H3,(H2,14,15,16). The molecule has 2 aromatic rings. The second kappa shape index (κ2) is 6.58. The van der Waals surface area contributed by atoms with Gasteiger partial charge in [0.2, 0.25) is 5.88 Å². The highest BCUT2D eigenvalue weighted by Gasteiger charge is 2.16. The SMILES string of the molecule is CSc1nc(N)cc(Oc2c(Br)cc([N+](=O)[O-])cc2Br)n1. The summed E-state index contributed by atoms with van der Waals surface area (Å²) in [7, 11) is 0. The molecule has 0 radical (unpaired) electrons. The molecule has 0 spiro atoms. The quantitative estimate of drug-likeness (QED) is 0.334. The first-order chi connectivity index (χ1) is 9.90. The molecule has 1 aromatic carbocycles. The average Bonchev–Trinajstić information content (AvgIpc) is 2.41. The van der Waals surface area contributed by atoms with Gasteiger partial charge < -0.3 is 10.5 Å². The maximum Gasteiger partial charge on any atom is 0.271 e. The van der Waals surface area contributed by atoms with Crippen LogP contribution in [0.15, 0.2) is 32.3 Å². The number of rotatable bonds is 4. The molecule has 1 heterocycles. The fourth-order valence-corrected chi connectivity index (χ4v) is 3.12. The highest BCUT2D eigenvalue weighted by atomic mass is 79.9. The number of thioether (sulfide) groups is 1. The van der Waals surface area contributed by atoms with Crippen LogP contribution in [0.4, 0.5) is 11.5 Å². The predicted octanol–water partition coefficient (Wildman–Crippen LogP) is 4.01. The van der Waals surface area contributed by atoms with E-state index in [-0.39, 0.29) is 17.4 Å². The Bertz CT molecular complexity index is 691. The van der Waals surface area contributed by atoms with Crippen molar-refractivity contribution in [2.75, 3.05) is 12.0 Å². The zero-order valence-electron chi connectivity index (χ0n) is 10.5. The number of nitro benzene ring substituents is 1. The summed E-state index contributed by atoms with van der Waals surface area (Å²) in [5.74, 6) is 0.895. The lowest BCUT2D eigenvalue weighted by atomic mass is 10.3. The van der Waals surface area contributed by atoms with Gasteiger partial charge in [-0.05, 0) is 38.1 Å². The van der Waals surface area contributed by atoms with E-state index in [0.29, 0.717) is 19.9 Å². The number of nitrogens with zero attached hydrogens (tertiary/aromatic N) is 3. The van der Waals surface area contributed by atoms with E-state index in [4.69, 9.17) is 10.5 Å². The van der Waals surface area contributed by atoms with Crippen molar-refractivity contribution < 1.29 is 9.66 Å². The normalized spacial score (nSPS) is 10.4. The first-order valence-corrected chi connectivity index (χ1v) is 8.21. The van der Waals surface area contributed by atoms with E-state index in [9.17, 15) is 10.1 Å². The Hall–Kier alpha value is -1.39. The van der Waals surface area contributed by atoms with Gasteiger partial charge in [-0.25, -0.2) is 4.98 Å². The van der Waals surface area contributed by atoms with E-state index >= 15 is 0 Å². The smallest absolute Gasteiger partial charge is 0.271 e. The van der Waals surface area contributed by atoms with Gasteiger partial charge in [-0.3, -0.25) is 10.1 Å². The number of nitro groups is 1. The van der Waals surface area contributed by atoms with Crippen LogP contribution in [-0.4, -0.2) is 21.1 Å². The Morgan fingerprint density at radius 1 is 1.29 bits per heavy atom. The lowest BCUT2D eigenvalue weighted by Crippen LogP contribution is -1.98. The molecule has 110 valence electrons. The molecule has 0 aliphatic rings. The molecule has 0 fully saturated rings. The van der Waals surface area contributed by atoms with Crippen molar-refractivity contribution >= 4 is 55.1 Å². The van der Waals surface area contributed by atoms with Crippen molar-refractivity contribution in [3.05, 3.63) is 37.3 Å². The molecule has 0 atom stereocenters. The fourth-order valence-electron chi connectivity index (χ4n) is 1.42. The molecular formula is C11H8Br2N4O3S. The van der Waals surface area contributed by atoms with Crippen LogP contribution >= 0.6 is 43.6 Å². The Labute approximate surface area is 140 Å². The van der Waals surface area contributed by atoms with E-state index in [1.807, 2.05) is 6.26 Å². The summed E-state index contributed by atoms with van der Waals surface area (Å²) < 4.78 is 6.48. The first kappa shape index (κ1) is 16.0. The molecule has 7 nitrogen and oxygen atoms in total. The Kier molecular flexibility index (Phi) is 5.01. The number of benzene rings is 1. The molecule has 0 bridgehead atoms. The maximum absolute atomic E-state index is 10.8. The number of hydrogen-bond donors (Lipinski definition) is 1. The monoisotopic (exact) mass is 434 g/mol. The minimum absolute atomic E-state index is 0.0619. The van der Waals surface area contributed by atoms with Crippen molar-refractivity contribution in [1.82, 2.24) is 9.97 Å². The highest BCUT2D eigenvalue weighted by Crippen LogP contribution is 2.39. The zero-order chi connectivity index (χ0) is 15.6. The first-order valence-electron chi connectivity index (χ1n) is 5.40. The largest absolute Gasteiger partial charge is 0.436 e. The molecule has 0 aliphatic heterocycles. The van der Waals surface area contributed by atoms with Crippen LogP contribution in [0.3, 0.4) is 0 Å². The van der Waals surface area contributed by atoms with Gasteiger partial charge in [-0.15, -0.1) is 0 Å². The van der Waals surface area contributed by atoms with Crippen molar-refractivity contribution in [2.45, 2.75) is 5.16 Å². The van der Waals surface area contributed by atoms with E-state index in [0.717, 1.165) is 0 Å². The molecule has 0 saturated heterocycles. The van der Waals surface area contributed by atoms with Crippen molar-refractivity contribution in [2.24, 2.45) is 0 Å². The van der Waals surface area contributed by atoms with Crippen LogP contribution in [0.2, 0.25) is 0 Å². The highest BCUT2D eigenvalue weighted by molar-refractivity contribution is 9.11. The minimum atomic E-state index is -0.492. The summed E-state index contributed by atoms with van der Waals surface area (Å²) in [6.07, 6.45) is 1.82. The molecule has 1 aromatic heterocycles. The average molecular weight is 436 g/mol. The number of aromatic nitrogens is 2. The van der Waals surface area contributed by atoms with Crippen LogP contribution in [0.1, 0.15) is 0 Å². The summed E-state index contributed by atoms with van der Waals surface area (Å²) in [6, 6.07) is 4.17. The summed E-state index contributed by atoms with van der Waals surface area (Å²) in [4.78, 5) is 18.5. The van der Waals surface area contributed by atoms with Crippen LogP contribution in [0.25, 0.3) is 0 Å². The summed E-state index contributed by atoms with van der Waals surface area (Å²) in [5.41, 5.74) is 5.61. The lowest BCUT2D eigenvalue weighted by molar-refractivity contribution is -0.385. The number of non-ortho nitro benzene ring substituents is 1. The van der Waals surface area contributed by atoms with Crippen molar-refractivity contribution in [3.8, 4) is 11.6 Å². The third-order valence-corrected chi connectivity index (χ3v) is 4.01. The summed E-state index contributed by atoms with van der Waals surface area (Å²) in [5, 5.41) is 11.3. The van der Waals surface area contributed by atoms with Gasteiger partial charge in [0.1, 0.15) is 5.82 Å². The molecule has 2 N–H and O–H groups in total. The van der Waals surface area contributed by atoms with E-state index in [2.05, 4.69) is 41.8 Å². The molecule has 0 saturated carbocycles. The molecule has 0 amide bonds. The maximum atomic E-state index is 10.8. The Balaban J connectivity index is 2.40. The van der Waals surface area contributed by atoms with Crippen molar-refractivity contribution in [1.29, 1.82) is 0 Å². The number of anilines is 1. The molecule has 2 rings (SSSR count). The second-order valence-corrected chi connectivity index (χ2v) is 6.20. The van der Waals surface area contributed by atoms with E-state index in [1.54, 1.807) is 0 Å². The number of nitrogen functional groups attached to an aromatic ring is 1. The van der Waals surface area contributed by atoms with Gasteiger partial charge in [-0.1, -0.05) is 11.8 Å². The van der Waals surface area contributed by atoms with Gasteiger partial charge in [0, 0.05) is 18.2 Å². The zero-order valence-corrected chi connectivity index (χ0v) is 14.5. The molecule has 0 unspecified atom stereocenters. The van der Waals surface area contributed by atoms with Gasteiger partial charge in [0.25, 0.3) is 5.69 Å². The third-order valence-electron chi connectivity index (χ3n) is 2.29. The van der Waals surface area contributed by atoms with Crippen LogP contribution < -0.4 is 10.5 Å². The molecule has 10 heteroatoms. The summed E-state index contributed by atoms with van der Waals surface area (Å²) >= 11 is 7.80. The lowest BCUT2D eigenvalue weighted by Gasteiger charge is -2.10. The van der Waals surface area contributed by atoms with E-state index in [1.165, 1.54) is 30.0 Å². The van der Waals surface area contributed by atoms with Crippen LogP contribution in [0.5, 0.6) is 11.6 Å². The van der Waals surface area contributed by atoms with Crippen molar-refractivity contribution in [3.63, 3.8) is 0 Å². The van der Waals surface area contributed by atoms with E-state index < -0.39 is 4.92 Å². The number of halogens is 2. The Morgan fingerprint density at radius 3 is 2.43 bits per heavy atom. The van der Waals surface area contributed by atoms with Crippen LogP contribution in [0, 0.1) is 10.1 Å². The molecule has 21 heavy (non-hydrogen) atoms. The number of ether oxygens (including phenoxy) is 1. The van der Waals surface area contributed by atoms with Gasteiger partial charge >= 0.3 is 0 Å². The number of hydrogen-bond acceptors (Lipinski definition) is 7. The van der Waals surface area contributed by atoms with Gasteiger partial charge in [-0.2, -0.15) is 4.98 Å².